The highest BCUT2D eigenvalue weighted by Gasteiger charge is 2.08. The van der Waals surface area contributed by atoms with E-state index in [1.807, 2.05) is 6.07 Å². The average Bonchev–Trinajstić information content (AvgIpc) is 2.40. The summed E-state index contributed by atoms with van der Waals surface area (Å²) in [5.41, 5.74) is 2.17. The molecular formula is C15H17FN2. The first-order chi connectivity index (χ1) is 8.81. The summed E-state index contributed by atoms with van der Waals surface area (Å²) >= 11 is 0. The van der Waals surface area contributed by atoms with Crippen LogP contribution in [0.5, 0.6) is 0 Å². The number of anilines is 1. The predicted molar refractivity (Wildman–Crippen MR) is 70.8 cm³/mol. The van der Waals surface area contributed by atoms with Crippen molar-refractivity contribution in [3.63, 3.8) is 0 Å². The van der Waals surface area contributed by atoms with Crippen LogP contribution in [0.2, 0.25) is 0 Å². The van der Waals surface area contributed by atoms with Crippen LogP contribution in [0.25, 0.3) is 0 Å². The van der Waals surface area contributed by atoms with E-state index in [0.717, 1.165) is 13.0 Å². The molecule has 0 aliphatic heterocycles. The van der Waals surface area contributed by atoms with Crippen LogP contribution >= 0.6 is 0 Å². The molecule has 1 N–H and O–H groups in total. The fourth-order valence-electron chi connectivity index (χ4n) is 2.27. The summed E-state index contributed by atoms with van der Waals surface area (Å²) in [7, 11) is 0. The number of nitriles is 1. The highest BCUT2D eigenvalue weighted by Crippen LogP contribution is 2.21. The second-order valence-corrected chi connectivity index (χ2v) is 4.56. The van der Waals surface area contributed by atoms with Gasteiger partial charge >= 0.3 is 0 Å². The molecule has 1 aromatic rings. The molecule has 94 valence electrons. The molecule has 2 nitrogen and oxygen atoms in total. The van der Waals surface area contributed by atoms with E-state index in [9.17, 15) is 4.39 Å². The number of hydrogen-bond acceptors (Lipinski definition) is 2. The Morgan fingerprint density at radius 3 is 2.94 bits per heavy atom. The van der Waals surface area contributed by atoms with Gasteiger partial charge in [-0.15, -0.1) is 0 Å². The van der Waals surface area contributed by atoms with Gasteiger partial charge < -0.3 is 5.32 Å². The van der Waals surface area contributed by atoms with Crippen molar-refractivity contribution >= 4 is 5.69 Å². The minimum Gasteiger partial charge on any atom is -0.384 e. The number of hydrogen-bond donors (Lipinski definition) is 1. The van der Waals surface area contributed by atoms with Crippen molar-refractivity contribution in [2.75, 3.05) is 11.9 Å². The maximum absolute atomic E-state index is 13.4. The molecule has 1 aliphatic carbocycles. The van der Waals surface area contributed by atoms with E-state index >= 15 is 0 Å². The number of halogens is 1. The zero-order valence-electron chi connectivity index (χ0n) is 10.4. The Kier molecular flexibility index (Phi) is 4.35. The molecule has 1 aliphatic rings. The van der Waals surface area contributed by atoms with Crippen LogP contribution in [0.3, 0.4) is 0 Å². The van der Waals surface area contributed by atoms with E-state index in [1.54, 1.807) is 12.1 Å². The second-order valence-electron chi connectivity index (χ2n) is 4.56. The number of nitrogens with one attached hydrogen (secondary N) is 1. The van der Waals surface area contributed by atoms with E-state index in [-0.39, 0.29) is 5.56 Å². The molecule has 0 amide bonds. The lowest BCUT2D eigenvalue weighted by atomic mass is 9.97. The standard InChI is InChI=1S/C15H17FN2/c16-14-7-4-8-15(13(14)11-17)18-10-9-12-5-2-1-3-6-12/h4-5,7-8,18H,1-3,6,9-10H2. The molecule has 1 aromatic carbocycles. The number of nitrogens with zero attached hydrogens (tertiary/aromatic N) is 1. The average molecular weight is 244 g/mol. The molecule has 0 atom stereocenters. The van der Waals surface area contributed by atoms with Crippen molar-refractivity contribution in [2.45, 2.75) is 32.1 Å². The summed E-state index contributed by atoms with van der Waals surface area (Å²) in [5, 5.41) is 12.1. The van der Waals surface area contributed by atoms with Gasteiger partial charge in [0.15, 0.2) is 0 Å². The van der Waals surface area contributed by atoms with Gasteiger partial charge in [-0.05, 0) is 44.2 Å². The van der Waals surface area contributed by atoms with E-state index in [1.165, 1.54) is 37.3 Å². The van der Waals surface area contributed by atoms with Crippen molar-refractivity contribution in [1.29, 1.82) is 5.26 Å². The van der Waals surface area contributed by atoms with E-state index < -0.39 is 5.82 Å². The van der Waals surface area contributed by atoms with Crippen molar-refractivity contribution in [2.24, 2.45) is 0 Å². The summed E-state index contributed by atoms with van der Waals surface area (Å²) < 4.78 is 13.4. The Morgan fingerprint density at radius 2 is 2.22 bits per heavy atom. The smallest absolute Gasteiger partial charge is 0.143 e. The van der Waals surface area contributed by atoms with Crippen molar-refractivity contribution in [3.8, 4) is 6.07 Å². The Bertz CT molecular complexity index is 486. The lowest BCUT2D eigenvalue weighted by Crippen LogP contribution is -2.06. The van der Waals surface area contributed by atoms with Gasteiger partial charge in [0.25, 0.3) is 0 Å². The van der Waals surface area contributed by atoms with Gasteiger partial charge in [-0.25, -0.2) is 4.39 Å². The number of allylic oxidation sites excluding steroid dienone is 1. The van der Waals surface area contributed by atoms with E-state index in [2.05, 4.69) is 11.4 Å². The zero-order chi connectivity index (χ0) is 12.8. The Balaban J connectivity index is 1.92. The molecule has 2 rings (SSSR count). The van der Waals surface area contributed by atoms with Crippen LogP contribution in [0.4, 0.5) is 10.1 Å². The van der Waals surface area contributed by atoms with Gasteiger partial charge in [0.2, 0.25) is 0 Å². The van der Waals surface area contributed by atoms with Crippen LogP contribution in [0, 0.1) is 17.1 Å². The van der Waals surface area contributed by atoms with Crippen LogP contribution in [0.1, 0.15) is 37.7 Å². The Labute approximate surface area is 107 Å². The minimum absolute atomic E-state index is 0.107. The van der Waals surface area contributed by atoms with Crippen LogP contribution in [-0.2, 0) is 0 Å². The van der Waals surface area contributed by atoms with Gasteiger partial charge in [0, 0.05) is 6.54 Å². The molecule has 0 heterocycles. The van der Waals surface area contributed by atoms with Gasteiger partial charge in [-0.1, -0.05) is 17.7 Å². The lowest BCUT2D eigenvalue weighted by molar-refractivity contribution is 0.624. The summed E-state index contributed by atoms with van der Waals surface area (Å²) in [6.45, 7) is 0.754. The summed E-state index contributed by atoms with van der Waals surface area (Å²) in [6, 6.07) is 6.58. The Hall–Kier alpha value is -1.82. The molecule has 0 radical (unpaired) electrons. The topological polar surface area (TPSA) is 35.8 Å². The molecule has 0 unspecified atom stereocenters. The first-order valence-corrected chi connectivity index (χ1v) is 6.41. The SMILES string of the molecule is N#Cc1c(F)cccc1NCCC1=CCCCC1. The molecule has 0 bridgehead atoms. The van der Waals surface area contributed by atoms with Gasteiger partial charge in [-0.3, -0.25) is 0 Å². The summed E-state index contributed by atoms with van der Waals surface area (Å²) in [4.78, 5) is 0. The zero-order valence-corrected chi connectivity index (χ0v) is 10.4. The van der Waals surface area contributed by atoms with E-state index in [0.29, 0.717) is 5.69 Å². The van der Waals surface area contributed by atoms with Crippen molar-refractivity contribution in [1.82, 2.24) is 0 Å². The molecule has 0 fully saturated rings. The third-order valence-corrected chi connectivity index (χ3v) is 3.27. The lowest BCUT2D eigenvalue weighted by Gasteiger charge is -2.14. The van der Waals surface area contributed by atoms with Crippen molar-refractivity contribution < 1.29 is 4.39 Å². The first-order valence-electron chi connectivity index (χ1n) is 6.41. The molecule has 0 aromatic heterocycles. The molecule has 3 heteroatoms. The van der Waals surface area contributed by atoms with E-state index in [4.69, 9.17) is 5.26 Å². The highest BCUT2D eigenvalue weighted by atomic mass is 19.1. The second kappa shape index (κ2) is 6.20. The van der Waals surface area contributed by atoms with Crippen LogP contribution in [-0.4, -0.2) is 6.54 Å². The third kappa shape index (κ3) is 3.10. The molecular weight excluding hydrogens is 227 g/mol. The maximum atomic E-state index is 13.4. The quantitative estimate of drug-likeness (QED) is 0.812. The molecule has 0 saturated carbocycles. The predicted octanol–water partition coefficient (Wildman–Crippen LogP) is 4.00. The monoisotopic (exact) mass is 244 g/mol. The van der Waals surface area contributed by atoms with Crippen LogP contribution in [0.15, 0.2) is 29.8 Å². The highest BCUT2D eigenvalue weighted by molar-refractivity contribution is 5.57. The fourth-order valence-corrected chi connectivity index (χ4v) is 2.27. The normalized spacial score (nSPS) is 14.8. The maximum Gasteiger partial charge on any atom is 0.143 e. The summed E-state index contributed by atoms with van der Waals surface area (Å²) in [5.74, 6) is -0.459. The first kappa shape index (κ1) is 12.6. The number of benzene rings is 1. The molecule has 18 heavy (non-hydrogen) atoms. The summed E-state index contributed by atoms with van der Waals surface area (Å²) in [6.07, 6.45) is 8.20. The van der Waals surface area contributed by atoms with Crippen LogP contribution < -0.4 is 5.32 Å². The number of rotatable bonds is 4. The van der Waals surface area contributed by atoms with Crippen molar-refractivity contribution in [3.05, 3.63) is 41.2 Å². The van der Waals surface area contributed by atoms with Gasteiger partial charge in [0.05, 0.1) is 5.69 Å². The molecule has 0 saturated heterocycles. The molecule has 0 spiro atoms. The van der Waals surface area contributed by atoms with Gasteiger partial charge in [0.1, 0.15) is 17.4 Å². The Morgan fingerprint density at radius 1 is 1.33 bits per heavy atom. The minimum atomic E-state index is -0.459. The fraction of sp³-hybridized carbons (Fsp3) is 0.400. The van der Waals surface area contributed by atoms with Gasteiger partial charge in [-0.2, -0.15) is 5.26 Å². The largest absolute Gasteiger partial charge is 0.384 e. The third-order valence-electron chi connectivity index (χ3n) is 3.27.